The molecule has 34 heavy (non-hydrogen) atoms. The van der Waals surface area contributed by atoms with Gasteiger partial charge in [-0.25, -0.2) is 9.78 Å². The summed E-state index contributed by atoms with van der Waals surface area (Å²) in [5.74, 6) is 0.923. The van der Waals surface area contributed by atoms with Crippen molar-refractivity contribution in [3.8, 4) is 5.75 Å². The number of ether oxygens (including phenoxy) is 1. The van der Waals surface area contributed by atoms with Crippen LogP contribution in [-0.2, 0) is 19.0 Å². The normalized spacial score (nSPS) is 14.2. The first kappa shape index (κ1) is 23.5. The summed E-state index contributed by atoms with van der Waals surface area (Å²) < 4.78 is 43.6. The highest BCUT2D eigenvalue weighted by Gasteiger charge is 2.31. The Bertz CT molecular complexity index is 1090. The van der Waals surface area contributed by atoms with Crippen LogP contribution in [0.25, 0.3) is 0 Å². The summed E-state index contributed by atoms with van der Waals surface area (Å²) in [6.07, 6.45) is -0.502. The smallest absolute Gasteiger partial charge is 0.410 e. The summed E-state index contributed by atoms with van der Waals surface area (Å²) in [4.78, 5) is 24.3. The molecule has 1 saturated heterocycles. The van der Waals surface area contributed by atoms with Crippen molar-refractivity contribution in [1.29, 1.82) is 0 Å². The van der Waals surface area contributed by atoms with Gasteiger partial charge in [0.1, 0.15) is 11.6 Å². The van der Waals surface area contributed by atoms with E-state index in [1.54, 1.807) is 17.0 Å². The molecule has 0 radical (unpaired) electrons. The average Bonchev–Trinajstić information content (AvgIpc) is 2.84. The van der Waals surface area contributed by atoms with Gasteiger partial charge in [-0.3, -0.25) is 4.98 Å². The lowest BCUT2D eigenvalue weighted by Gasteiger charge is -2.34. The first-order valence-corrected chi connectivity index (χ1v) is 11.0. The number of pyridine rings is 2. The number of benzene rings is 1. The SMILES string of the molecule is Cc1ccc(CCc2ccc(OC(=O)N3CCN(c4ccc(C(F)(F)F)cn4)CC3)cc2)nc1. The number of nitrogens with zero attached hydrogens (tertiary/aromatic N) is 4. The Balaban J connectivity index is 1.24. The fourth-order valence-electron chi connectivity index (χ4n) is 3.67. The van der Waals surface area contributed by atoms with E-state index in [4.69, 9.17) is 4.74 Å². The number of carbonyl (C=O) groups is 1. The van der Waals surface area contributed by atoms with E-state index in [-0.39, 0.29) is 0 Å². The number of hydrogen-bond donors (Lipinski definition) is 0. The van der Waals surface area contributed by atoms with Crippen LogP contribution in [0.1, 0.15) is 22.4 Å². The monoisotopic (exact) mass is 470 g/mol. The molecule has 0 spiro atoms. The molecule has 0 N–H and O–H groups in total. The van der Waals surface area contributed by atoms with Crippen molar-refractivity contribution in [2.24, 2.45) is 0 Å². The van der Waals surface area contributed by atoms with Crippen molar-refractivity contribution in [3.05, 3.63) is 83.3 Å². The van der Waals surface area contributed by atoms with Gasteiger partial charge in [0.2, 0.25) is 0 Å². The molecule has 0 bridgehead atoms. The van der Waals surface area contributed by atoms with Gasteiger partial charge >= 0.3 is 12.3 Å². The van der Waals surface area contributed by atoms with E-state index in [0.717, 1.165) is 41.9 Å². The summed E-state index contributed by atoms with van der Waals surface area (Å²) in [6.45, 7) is 3.71. The van der Waals surface area contributed by atoms with E-state index >= 15 is 0 Å². The molecular formula is C25H25F3N4O2. The van der Waals surface area contributed by atoms with Crippen LogP contribution < -0.4 is 9.64 Å². The number of hydrogen-bond acceptors (Lipinski definition) is 5. The molecule has 3 heterocycles. The highest BCUT2D eigenvalue weighted by Crippen LogP contribution is 2.29. The largest absolute Gasteiger partial charge is 0.417 e. The fourth-order valence-corrected chi connectivity index (χ4v) is 3.67. The van der Waals surface area contributed by atoms with Gasteiger partial charge in [-0.1, -0.05) is 18.2 Å². The topological polar surface area (TPSA) is 58.6 Å². The highest BCUT2D eigenvalue weighted by atomic mass is 19.4. The van der Waals surface area contributed by atoms with Gasteiger partial charge in [0.05, 0.1) is 5.56 Å². The third-order valence-electron chi connectivity index (χ3n) is 5.71. The van der Waals surface area contributed by atoms with Crippen LogP contribution in [0.4, 0.5) is 23.8 Å². The van der Waals surface area contributed by atoms with E-state index in [2.05, 4.69) is 9.97 Å². The molecule has 0 aliphatic carbocycles. The van der Waals surface area contributed by atoms with Crippen molar-refractivity contribution >= 4 is 11.9 Å². The second-order valence-electron chi connectivity index (χ2n) is 8.22. The zero-order valence-electron chi connectivity index (χ0n) is 18.8. The summed E-state index contributed by atoms with van der Waals surface area (Å²) in [5.41, 5.74) is 2.51. The molecule has 0 atom stereocenters. The standard InChI is InChI=1S/C25H25F3N4O2/c1-18-2-7-21(29-16-18)8-3-19-4-9-22(10-5-19)34-24(33)32-14-12-31(13-15-32)23-11-6-20(17-30-23)25(26,27)28/h2,4-7,9-11,16-17H,3,8,12-15H2,1H3. The van der Waals surface area contributed by atoms with Crippen LogP contribution in [0.2, 0.25) is 0 Å². The van der Waals surface area contributed by atoms with Gasteiger partial charge in [-0.05, 0) is 61.2 Å². The van der Waals surface area contributed by atoms with Crippen LogP contribution in [0, 0.1) is 6.92 Å². The number of rotatable bonds is 5. The van der Waals surface area contributed by atoms with E-state index in [0.29, 0.717) is 37.7 Å². The zero-order chi connectivity index (χ0) is 24.1. The molecule has 6 nitrogen and oxygen atoms in total. The number of anilines is 1. The Morgan fingerprint density at radius 3 is 2.24 bits per heavy atom. The Morgan fingerprint density at radius 1 is 0.912 bits per heavy atom. The van der Waals surface area contributed by atoms with Crippen molar-refractivity contribution in [3.63, 3.8) is 0 Å². The van der Waals surface area contributed by atoms with E-state index in [1.165, 1.54) is 6.07 Å². The summed E-state index contributed by atoms with van der Waals surface area (Å²) >= 11 is 0. The molecule has 178 valence electrons. The summed E-state index contributed by atoms with van der Waals surface area (Å²) in [7, 11) is 0. The minimum atomic E-state index is -4.41. The van der Waals surface area contributed by atoms with Crippen molar-refractivity contribution in [1.82, 2.24) is 14.9 Å². The molecular weight excluding hydrogens is 445 g/mol. The Morgan fingerprint density at radius 2 is 1.65 bits per heavy atom. The van der Waals surface area contributed by atoms with Crippen LogP contribution in [-0.4, -0.2) is 47.1 Å². The molecule has 9 heteroatoms. The van der Waals surface area contributed by atoms with Crippen LogP contribution in [0.5, 0.6) is 5.75 Å². The maximum Gasteiger partial charge on any atom is 0.417 e. The van der Waals surface area contributed by atoms with Crippen molar-refractivity contribution < 1.29 is 22.7 Å². The fraction of sp³-hybridized carbons (Fsp3) is 0.320. The quantitative estimate of drug-likeness (QED) is 0.530. The van der Waals surface area contributed by atoms with Crippen LogP contribution >= 0.6 is 0 Å². The third-order valence-corrected chi connectivity index (χ3v) is 5.71. The van der Waals surface area contributed by atoms with E-state index in [9.17, 15) is 18.0 Å². The zero-order valence-corrected chi connectivity index (χ0v) is 18.8. The molecule has 3 aromatic rings. The Labute approximate surface area is 196 Å². The maximum absolute atomic E-state index is 12.7. The van der Waals surface area contributed by atoms with Gasteiger partial charge in [0.15, 0.2) is 0 Å². The van der Waals surface area contributed by atoms with Crippen LogP contribution in [0.3, 0.4) is 0 Å². The number of amides is 1. The molecule has 1 fully saturated rings. The van der Waals surface area contributed by atoms with Gasteiger partial charge in [-0.2, -0.15) is 13.2 Å². The number of aryl methyl sites for hydroxylation is 3. The molecule has 1 aliphatic rings. The lowest BCUT2D eigenvalue weighted by atomic mass is 10.1. The van der Waals surface area contributed by atoms with Crippen molar-refractivity contribution in [2.75, 3.05) is 31.1 Å². The predicted octanol–water partition coefficient (Wildman–Crippen LogP) is 4.91. The Kier molecular flexibility index (Phi) is 7.00. The van der Waals surface area contributed by atoms with Crippen LogP contribution in [0.15, 0.2) is 60.9 Å². The highest BCUT2D eigenvalue weighted by molar-refractivity contribution is 5.71. The summed E-state index contributed by atoms with van der Waals surface area (Å²) in [5, 5.41) is 0. The second-order valence-corrected chi connectivity index (χ2v) is 8.22. The van der Waals surface area contributed by atoms with E-state index in [1.807, 2.05) is 42.3 Å². The molecule has 0 unspecified atom stereocenters. The van der Waals surface area contributed by atoms with Gasteiger partial charge in [-0.15, -0.1) is 0 Å². The average molecular weight is 470 g/mol. The molecule has 1 amide bonds. The van der Waals surface area contributed by atoms with E-state index < -0.39 is 17.8 Å². The maximum atomic E-state index is 12.7. The van der Waals surface area contributed by atoms with Gasteiger partial charge in [0.25, 0.3) is 0 Å². The molecule has 0 saturated carbocycles. The Hall–Kier alpha value is -3.62. The second kappa shape index (κ2) is 10.1. The van der Waals surface area contributed by atoms with Gasteiger partial charge < -0.3 is 14.5 Å². The lowest BCUT2D eigenvalue weighted by molar-refractivity contribution is -0.137. The molecule has 4 rings (SSSR count). The number of aromatic nitrogens is 2. The first-order valence-electron chi connectivity index (χ1n) is 11.0. The number of carbonyl (C=O) groups excluding carboxylic acids is 1. The lowest BCUT2D eigenvalue weighted by Crippen LogP contribution is -2.49. The summed E-state index contributed by atoms with van der Waals surface area (Å²) in [6, 6.07) is 13.9. The number of alkyl halides is 3. The molecule has 1 aromatic carbocycles. The molecule has 2 aromatic heterocycles. The molecule has 1 aliphatic heterocycles. The number of halogens is 3. The third kappa shape index (κ3) is 6.03. The minimum absolute atomic E-state index is 0.392. The van der Waals surface area contributed by atoms with Gasteiger partial charge in [0, 0.05) is 44.3 Å². The first-order chi connectivity index (χ1) is 16.3. The van der Waals surface area contributed by atoms with Crippen molar-refractivity contribution in [2.45, 2.75) is 25.9 Å². The predicted molar refractivity (Wildman–Crippen MR) is 122 cm³/mol. The number of piperazine rings is 1. The minimum Gasteiger partial charge on any atom is -0.410 e.